The Morgan fingerprint density at radius 1 is 0.931 bits per heavy atom. The maximum absolute atomic E-state index is 10.4. The van der Waals surface area contributed by atoms with Gasteiger partial charge in [0, 0.05) is 19.3 Å². The van der Waals surface area contributed by atoms with E-state index in [1.54, 1.807) is 26.4 Å². The van der Waals surface area contributed by atoms with Gasteiger partial charge in [-0.1, -0.05) is 17.7 Å². The molecule has 4 fully saturated rings. The summed E-state index contributed by atoms with van der Waals surface area (Å²) in [5.74, 6) is 0.992. The smallest absolute Gasteiger partial charge is 0.126 e. The first-order valence-electron chi connectivity index (χ1n) is 9.98. The van der Waals surface area contributed by atoms with Crippen LogP contribution in [0.4, 0.5) is 0 Å². The number of quaternary nitrogens is 1. The first-order valence-corrected chi connectivity index (χ1v) is 11.4. The normalized spacial score (nSPS) is 28.8. The molecule has 4 aliphatic rings. The Morgan fingerprint density at radius 2 is 1.41 bits per heavy atom. The molecule has 4 saturated heterocycles. The van der Waals surface area contributed by atoms with Gasteiger partial charge in [0.2, 0.25) is 0 Å². The van der Waals surface area contributed by atoms with Gasteiger partial charge in [-0.05, 0) is 25.0 Å². The van der Waals surface area contributed by atoms with Crippen molar-refractivity contribution in [2.24, 2.45) is 5.92 Å². The molecule has 0 amide bonds. The minimum absolute atomic E-state index is 0.178. The predicted octanol–water partition coefficient (Wildman–Crippen LogP) is 1.35. The maximum Gasteiger partial charge on any atom is 0.126 e. The van der Waals surface area contributed by atoms with Gasteiger partial charge in [0.25, 0.3) is 0 Å². The van der Waals surface area contributed by atoms with Crippen LogP contribution in [0.15, 0.2) is 29.2 Å². The van der Waals surface area contributed by atoms with Crippen molar-refractivity contribution in [3.05, 3.63) is 29.8 Å². The van der Waals surface area contributed by atoms with Gasteiger partial charge in [0.15, 0.2) is 0 Å². The molecule has 9 nitrogen and oxygen atoms in total. The van der Waals surface area contributed by atoms with Gasteiger partial charge in [-0.15, -0.1) is 5.01 Å². The highest BCUT2D eigenvalue weighted by molar-refractivity contribution is 7.85. The zero-order chi connectivity index (χ0) is 21.1. The number of benzene rings is 1. The molecule has 0 spiro atoms. The van der Waals surface area contributed by atoms with E-state index in [-0.39, 0.29) is 4.90 Å². The van der Waals surface area contributed by atoms with Crippen molar-refractivity contribution in [3.63, 3.8) is 0 Å². The van der Waals surface area contributed by atoms with E-state index in [1.165, 1.54) is 51.0 Å². The minimum atomic E-state index is -4.27. The van der Waals surface area contributed by atoms with Gasteiger partial charge in [-0.2, -0.15) is 10.1 Å². The number of hydrogen-bond donors (Lipinski definition) is 0. The molecule has 0 saturated carbocycles. The molecule has 10 heteroatoms. The van der Waals surface area contributed by atoms with Crippen LogP contribution in [-0.4, -0.2) is 86.6 Å². The van der Waals surface area contributed by atoms with Crippen LogP contribution in [0.1, 0.15) is 24.8 Å². The SMILES string of the molecule is CON1CN(OC)CN([N+]23CCC(CC2)CC3)C1.Cc1ccc(S(=O)(=O)[O-])cc1. The summed E-state index contributed by atoms with van der Waals surface area (Å²) in [5, 5.41) is 6.42. The van der Waals surface area contributed by atoms with E-state index in [1.807, 2.05) is 17.1 Å². The van der Waals surface area contributed by atoms with Gasteiger partial charge < -0.3 is 4.55 Å². The van der Waals surface area contributed by atoms with Crippen LogP contribution in [0.25, 0.3) is 0 Å². The molecule has 0 N–H and O–H groups in total. The van der Waals surface area contributed by atoms with Crippen LogP contribution in [0.3, 0.4) is 0 Å². The highest BCUT2D eigenvalue weighted by Gasteiger charge is 2.47. The first kappa shape index (κ1) is 22.6. The summed E-state index contributed by atoms with van der Waals surface area (Å²) >= 11 is 0. The van der Waals surface area contributed by atoms with Crippen LogP contribution >= 0.6 is 0 Å². The van der Waals surface area contributed by atoms with Gasteiger partial charge in [0.1, 0.15) is 30.1 Å². The topological polar surface area (TPSA) is 85.4 Å². The van der Waals surface area contributed by atoms with Crippen LogP contribution < -0.4 is 0 Å². The van der Waals surface area contributed by atoms with Gasteiger partial charge >= 0.3 is 0 Å². The van der Waals surface area contributed by atoms with Crippen molar-refractivity contribution in [2.45, 2.75) is 31.1 Å². The van der Waals surface area contributed by atoms with Crippen molar-refractivity contribution >= 4 is 10.1 Å². The average Bonchev–Trinajstić information content (AvgIpc) is 2.75. The molecular formula is C19H32N4O5S. The fourth-order valence-corrected chi connectivity index (χ4v) is 4.81. The quantitative estimate of drug-likeness (QED) is 0.525. The fraction of sp³-hybridized carbons (Fsp3) is 0.684. The number of hydrogen-bond acceptors (Lipinski definition) is 8. The predicted molar refractivity (Wildman–Crippen MR) is 105 cm³/mol. The second-order valence-electron chi connectivity index (χ2n) is 8.02. The van der Waals surface area contributed by atoms with E-state index in [9.17, 15) is 13.0 Å². The van der Waals surface area contributed by atoms with Crippen molar-refractivity contribution < 1.29 is 27.2 Å². The number of piperidine rings is 3. The molecule has 0 atom stereocenters. The van der Waals surface area contributed by atoms with Gasteiger partial charge in [-0.25, -0.2) is 13.0 Å². The third-order valence-corrected chi connectivity index (χ3v) is 7.09. The monoisotopic (exact) mass is 428 g/mol. The Bertz CT molecular complexity index is 740. The second kappa shape index (κ2) is 9.36. The summed E-state index contributed by atoms with van der Waals surface area (Å²) in [6.07, 6.45) is 4.16. The summed E-state index contributed by atoms with van der Waals surface area (Å²) in [5.41, 5.74) is 0.928. The minimum Gasteiger partial charge on any atom is -0.744 e. The van der Waals surface area contributed by atoms with E-state index < -0.39 is 10.1 Å². The van der Waals surface area contributed by atoms with E-state index in [0.29, 0.717) is 6.67 Å². The van der Waals surface area contributed by atoms with Crippen molar-refractivity contribution in [1.29, 1.82) is 0 Å². The van der Waals surface area contributed by atoms with Crippen molar-refractivity contribution in [1.82, 2.24) is 15.1 Å². The van der Waals surface area contributed by atoms with E-state index in [0.717, 1.165) is 29.4 Å². The lowest BCUT2D eigenvalue weighted by Gasteiger charge is -2.56. The Kier molecular flexibility index (Phi) is 7.28. The highest BCUT2D eigenvalue weighted by Crippen LogP contribution is 2.36. The molecule has 0 radical (unpaired) electrons. The second-order valence-corrected chi connectivity index (χ2v) is 9.40. The molecular weight excluding hydrogens is 396 g/mol. The molecule has 0 aliphatic carbocycles. The lowest BCUT2D eigenvalue weighted by Crippen LogP contribution is -2.72. The summed E-state index contributed by atoms with van der Waals surface area (Å²) in [7, 11) is -0.798. The summed E-state index contributed by atoms with van der Waals surface area (Å²) in [6, 6.07) is 5.78. The molecule has 4 heterocycles. The van der Waals surface area contributed by atoms with Gasteiger partial charge in [-0.3, -0.25) is 9.68 Å². The van der Waals surface area contributed by atoms with Crippen LogP contribution in [0.2, 0.25) is 0 Å². The molecule has 1 aromatic carbocycles. The van der Waals surface area contributed by atoms with Gasteiger partial charge in [0.05, 0.1) is 38.7 Å². The van der Waals surface area contributed by atoms with Crippen LogP contribution in [0.5, 0.6) is 0 Å². The van der Waals surface area contributed by atoms with E-state index >= 15 is 0 Å². The zero-order valence-electron chi connectivity index (χ0n) is 17.5. The molecule has 0 unspecified atom stereocenters. The number of hydroxylamine groups is 4. The molecule has 0 aromatic heterocycles. The van der Waals surface area contributed by atoms with E-state index in [4.69, 9.17) is 9.68 Å². The standard InChI is InChI=1S/C12H25N4O2.C7H8O3S/c1-17-14-9-13(10-15(11-14)18-2)16-6-3-12(4-7-16)5-8-16;1-6-2-4-7(5-3-6)11(8,9)10/h12H,3-11H2,1-2H3;2-5H,1H3,(H,8,9,10)/q+1;/p-1. The Balaban J connectivity index is 0.000000188. The first-order chi connectivity index (χ1) is 13.8. The summed E-state index contributed by atoms with van der Waals surface area (Å²) in [4.78, 5) is 10.6. The maximum atomic E-state index is 10.4. The number of aryl methyl sites for hydroxylation is 1. The average molecular weight is 429 g/mol. The number of rotatable bonds is 4. The largest absolute Gasteiger partial charge is 0.744 e. The number of fused-ring (bicyclic) bond motifs is 3. The Morgan fingerprint density at radius 3 is 1.83 bits per heavy atom. The Labute approximate surface area is 173 Å². The van der Waals surface area contributed by atoms with Crippen LogP contribution in [-0.2, 0) is 19.8 Å². The zero-order valence-corrected chi connectivity index (χ0v) is 18.3. The molecule has 2 bridgehead atoms. The lowest BCUT2D eigenvalue weighted by atomic mass is 9.87. The fourth-order valence-electron chi connectivity index (χ4n) is 4.34. The Hall–Kier alpha value is -1.11. The highest BCUT2D eigenvalue weighted by atomic mass is 32.2. The summed E-state index contributed by atoms with van der Waals surface area (Å²) < 4.78 is 32.3. The molecule has 164 valence electrons. The van der Waals surface area contributed by atoms with Crippen molar-refractivity contribution in [2.75, 3.05) is 53.9 Å². The molecule has 4 aliphatic heterocycles. The third kappa shape index (κ3) is 5.53. The van der Waals surface area contributed by atoms with Crippen molar-refractivity contribution in [3.8, 4) is 0 Å². The molecule has 1 aromatic rings. The summed E-state index contributed by atoms with van der Waals surface area (Å²) in [6.45, 7) is 8.16. The number of nitrogens with zero attached hydrogens (tertiary/aromatic N) is 4. The lowest BCUT2D eigenvalue weighted by molar-refractivity contribution is -1.05. The van der Waals surface area contributed by atoms with Crippen LogP contribution in [0, 0.1) is 12.8 Å². The van der Waals surface area contributed by atoms with E-state index in [2.05, 4.69) is 5.01 Å². The third-order valence-electron chi connectivity index (χ3n) is 6.24. The molecule has 29 heavy (non-hydrogen) atoms. The molecule has 5 rings (SSSR count).